The molecule has 0 aliphatic heterocycles. The summed E-state index contributed by atoms with van der Waals surface area (Å²) in [6.07, 6.45) is 17.4. The predicted octanol–water partition coefficient (Wildman–Crippen LogP) is 9.86. The second-order valence-corrected chi connectivity index (χ2v) is 15.2. The number of benzene rings is 1. The van der Waals surface area contributed by atoms with Crippen LogP contribution in [-0.2, 0) is 0 Å². The Labute approximate surface area is 210 Å². The minimum Gasteiger partial charge on any atom is -0.0796 e. The number of fused-ring (bicyclic) bond motifs is 7. The van der Waals surface area contributed by atoms with E-state index >= 15 is 0 Å². The summed E-state index contributed by atoms with van der Waals surface area (Å²) in [6.45, 7) is 18.3. The third kappa shape index (κ3) is 2.84. The Bertz CT molecular complexity index is 995. The number of hydrogen-bond donors (Lipinski definition) is 0. The first-order valence-electron chi connectivity index (χ1n) is 14.7. The van der Waals surface area contributed by atoms with E-state index in [0.717, 1.165) is 23.7 Å². The lowest BCUT2D eigenvalue weighted by Crippen LogP contribution is -2.64. The monoisotopic (exact) mass is 458 g/mol. The standard InChI is InChI=1S/C34H50/c1-23-10-12-24(13-11-23)25-16-19-32(5)28(30(25,2)3)17-20-34(7)29(32)15-14-27-26-9-8-18-31(26,4)21-22-33(27,34)6/h10-13,16,26-29H,8-9,14-15,17-22H2,1-7H3/t26?,27?,28?,29?,31?,32?,33-,34?/m1/s1. The van der Waals surface area contributed by atoms with Crippen molar-refractivity contribution in [1.82, 2.24) is 0 Å². The maximum absolute atomic E-state index is 2.79. The van der Waals surface area contributed by atoms with Crippen molar-refractivity contribution in [1.29, 1.82) is 0 Å². The molecular weight excluding hydrogens is 408 g/mol. The maximum atomic E-state index is 2.79. The molecule has 0 heteroatoms. The molecule has 7 unspecified atom stereocenters. The van der Waals surface area contributed by atoms with Crippen molar-refractivity contribution < 1.29 is 0 Å². The Morgan fingerprint density at radius 2 is 1.41 bits per heavy atom. The molecular formula is C34H50. The number of aryl methyl sites for hydroxylation is 1. The van der Waals surface area contributed by atoms with Gasteiger partial charge in [-0.2, -0.15) is 0 Å². The van der Waals surface area contributed by atoms with E-state index in [1.54, 1.807) is 5.57 Å². The average molecular weight is 459 g/mol. The number of hydrogen-bond acceptors (Lipinski definition) is 0. The Morgan fingerprint density at radius 1 is 0.676 bits per heavy atom. The molecule has 4 saturated carbocycles. The Morgan fingerprint density at radius 3 is 2.15 bits per heavy atom. The third-order valence-electron chi connectivity index (χ3n) is 13.7. The SMILES string of the molecule is Cc1ccc(C2=CCC3(C)C(CCC4(C)C3CCC3C5CCCC5(C)CC[C@]34C)C2(C)C)cc1. The van der Waals surface area contributed by atoms with Gasteiger partial charge in [0, 0.05) is 0 Å². The van der Waals surface area contributed by atoms with E-state index in [1.807, 2.05) is 0 Å². The Hall–Kier alpha value is -1.04. The molecule has 0 bridgehead atoms. The van der Waals surface area contributed by atoms with Gasteiger partial charge in [-0.3, -0.25) is 0 Å². The van der Waals surface area contributed by atoms with Crippen molar-refractivity contribution >= 4 is 5.57 Å². The third-order valence-corrected chi connectivity index (χ3v) is 13.7. The highest BCUT2D eigenvalue weighted by Crippen LogP contribution is 2.76. The van der Waals surface area contributed by atoms with Crippen LogP contribution in [0.5, 0.6) is 0 Å². The van der Waals surface area contributed by atoms with Crippen molar-refractivity contribution in [2.24, 2.45) is 50.7 Å². The molecule has 34 heavy (non-hydrogen) atoms. The summed E-state index contributed by atoms with van der Waals surface area (Å²) in [5.74, 6) is 3.65. The largest absolute Gasteiger partial charge is 0.0796 e. The van der Waals surface area contributed by atoms with Gasteiger partial charge in [0.15, 0.2) is 0 Å². The van der Waals surface area contributed by atoms with Gasteiger partial charge in [-0.25, -0.2) is 0 Å². The molecule has 1 aromatic carbocycles. The maximum Gasteiger partial charge on any atom is -0.00671 e. The van der Waals surface area contributed by atoms with Crippen LogP contribution in [-0.4, -0.2) is 0 Å². The Balaban J connectivity index is 1.38. The second kappa shape index (κ2) is 7.26. The van der Waals surface area contributed by atoms with Crippen LogP contribution < -0.4 is 0 Å². The lowest BCUT2D eigenvalue weighted by atomic mass is 9.33. The topological polar surface area (TPSA) is 0 Å². The molecule has 0 spiro atoms. The van der Waals surface area contributed by atoms with Crippen LogP contribution in [0.15, 0.2) is 30.3 Å². The van der Waals surface area contributed by atoms with Crippen molar-refractivity contribution in [3.63, 3.8) is 0 Å². The molecule has 8 atom stereocenters. The molecule has 4 fully saturated rings. The first-order valence-corrected chi connectivity index (χ1v) is 14.7. The quantitative estimate of drug-likeness (QED) is 0.393. The molecule has 0 aromatic heterocycles. The van der Waals surface area contributed by atoms with Crippen LogP contribution in [0.1, 0.15) is 117 Å². The highest BCUT2D eigenvalue weighted by atomic mass is 14.7. The highest BCUT2D eigenvalue weighted by Gasteiger charge is 2.68. The van der Waals surface area contributed by atoms with E-state index in [-0.39, 0.29) is 5.41 Å². The minimum atomic E-state index is 0.248. The summed E-state index contributed by atoms with van der Waals surface area (Å²) in [5.41, 5.74) is 6.86. The first-order chi connectivity index (χ1) is 16.0. The predicted molar refractivity (Wildman–Crippen MR) is 145 cm³/mol. The van der Waals surface area contributed by atoms with Crippen molar-refractivity contribution in [3.05, 3.63) is 41.5 Å². The zero-order valence-corrected chi connectivity index (χ0v) is 23.3. The lowest BCUT2D eigenvalue weighted by molar-refractivity contribution is -0.221. The fourth-order valence-electron chi connectivity index (χ4n) is 11.7. The van der Waals surface area contributed by atoms with Gasteiger partial charge in [0.05, 0.1) is 0 Å². The van der Waals surface area contributed by atoms with Crippen LogP contribution in [0.3, 0.4) is 0 Å². The molecule has 6 rings (SSSR count). The fourth-order valence-corrected chi connectivity index (χ4v) is 11.7. The molecule has 0 N–H and O–H groups in total. The zero-order valence-electron chi connectivity index (χ0n) is 23.3. The molecule has 0 radical (unpaired) electrons. The van der Waals surface area contributed by atoms with E-state index in [0.29, 0.717) is 21.7 Å². The van der Waals surface area contributed by atoms with Gasteiger partial charge >= 0.3 is 0 Å². The minimum absolute atomic E-state index is 0.248. The van der Waals surface area contributed by atoms with E-state index in [2.05, 4.69) is 78.8 Å². The van der Waals surface area contributed by atoms with Crippen molar-refractivity contribution in [2.75, 3.05) is 0 Å². The van der Waals surface area contributed by atoms with Crippen LogP contribution >= 0.6 is 0 Å². The van der Waals surface area contributed by atoms with Crippen LogP contribution in [0, 0.1) is 57.7 Å². The molecule has 5 aliphatic carbocycles. The van der Waals surface area contributed by atoms with Crippen LogP contribution in [0.25, 0.3) is 5.57 Å². The van der Waals surface area contributed by atoms with Gasteiger partial charge in [0.1, 0.15) is 0 Å². The summed E-state index contributed by atoms with van der Waals surface area (Å²) in [7, 11) is 0. The summed E-state index contributed by atoms with van der Waals surface area (Å²) in [5, 5.41) is 0. The summed E-state index contributed by atoms with van der Waals surface area (Å²) in [6, 6.07) is 9.37. The molecule has 1 aromatic rings. The highest BCUT2D eigenvalue weighted by molar-refractivity contribution is 5.71. The van der Waals surface area contributed by atoms with Crippen LogP contribution in [0.4, 0.5) is 0 Å². The number of allylic oxidation sites excluding steroid dienone is 2. The molecule has 0 heterocycles. The molecule has 0 amide bonds. The second-order valence-electron chi connectivity index (χ2n) is 15.2. The van der Waals surface area contributed by atoms with Gasteiger partial charge in [-0.15, -0.1) is 0 Å². The van der Waals surface area contributed by atoms with E-state index in [9.17, 15) is 0 Å². The van der Waals surface area contributed by atoms with E-state index < -0.39 is 0 Å². The smallest absolute Gasteiger partial charge is 0.00671 e. The molecule has 186 valence electrons. The Kier molecular flexibility index (Phi) is 4.99. The normalized spacial score (nSPS) is 49.3. The zero-order chi connectivity index (χ0) is 24.1. The summed E-state index contributed by atoms with van der Waals surface area (Å²) >= 11 is 0. The molecule has 0 saturated heterocycles. The van der Waals surface area contributed by atoms with Gasteiger partial charge in [0.2, 0.25) is 0 Å². The van der Waals surface area contributed by atoms with E-state index in [4.69, 9.17) is 0 Å². The van der Waals surface area contributed by atoms with Crippen molar-refractivity contribution in [3.8, 4) is 0 Å². The first kappa shape index (κ1) is 23.4. The number of rotatable bonds is 1. The van der Waals surface area contributed by atoms with E-state index in [1.165, 1.54) is 75.3 Å². The lowest BCUT2D eigenvalue weighted by Gasteiger charge is -2.72. The van der Waals surface area contributed by atoms with Gasteiger partial charge in [-0.1, -0.05) is 83.9 Å². The average Bonchev–Trinajstić information content (AvgIpc) is 3.17. The summed E-state index contributed by atoms with van der Waals surface area (Å²) < 4.78 is 0. The van der Waals surface area contributed by atoms with Gasteiger partial charge < -0.3 is 0 Å². The van der Waals surface area contributed by atoms with Crippen molar-refractivity contribution in [2.45, 2.75) is 113 Å². The molecule has 5 aliphatic rings. The molecule has 0 nitrogen and oxygen atoms in total. The fraction of sp³-hybridized carbons (Fsp3) is 0.765. The van der Waals surface area contributed by atoms with Gasteiger partial charge in [0.25, 0.3) is 0 Å². The van der Waals surface area contributed by atoms with Gasteiger partial charge in [-0.05, 0) is 127 Å². The summed E-state index contributed by atoms with van der Waals surface area (Å²) in [4.78, 5) is 0. The van der Waals surface area contributed by atoms with Crippen LogP contribution in [0.2, 0.25) is 0 Å².